The molecule has 0 aliphatic heterocycles. The first-order valence-corrected chi connectivity index (χ1v) is 4.15. The highest BCUT2D eigenvalue weighted by Crippen LogP contribution is 2.03. The lowest BCUT2D eigenvalue weighted by molar-refractivity contribution is 0.210. The highest BCUT2D eigenvalue weighted by Gasteiger charge is 1.93. The van der Waals surface area contributed by atoms with Crippen LogP contribution in [0, 0.1) is 0 Å². The molecule has 2 N–H and O–H groups in total. The van der Waals surface area contributed by atoms with E-state index in [0.29, 0.717) is 6.61 Å². The maximum atomic E-state index is 8.76. The van der Waals surface area contributed by atoms with Crippen molar-refractivity contribution >= 4 is 5.82 Å². The molecule has 0 spiro atoms. The van der Waals surface area contributed by atoms with E-state index in [4.69, 9.17) is 9.84 Å². The summed E-state index contributed by atoms with van der Waals surface area (Å²) in [6.07, 6.45) is 1.65. The van der Waals surface area contributed by atoms with Crippen molar-refractivity contribution in [3.05, 3.63) is 23.9 Å². The molecule has 0 aliphatic carbocycles. The van der Waals surface area contributed by atoms with Gasteiger partial charge < -0.3 is 15.2 Å². The maximum absolute atomic E-state index is 8.76. The molecule has 0 fully saturated rings. The number of hydrogen-bond donors (Lipinski definition) is 2. The molecular formula is C9H14N2O2. The smallest absolute Gasteiger partial charge is 0.125 e. The minimum absolute atomic E-state index is 0.0331. The van der Waals surface area contributed by atoms with Crippen LogP contribution in [0.2, 0.25) is 0 Å². The third kappa shape index (κ3) is 3.40. The van der Waals surface area contributed by atoms with E-state index in [0.717, 1.165) is 17.9 Å². The zero-order chi connectivity index (χ0) is 9.52. The van der Waals surface area contributed by atoms with Crippen molar-refractivity contribution in [3.8, 4) is 0 Å². The van der Waals surface area contributed by atoms with E-state index < -0.39 is 0 Å². The minimum Gasteiger partial charge on any atom is -0.392 e. The summed E-state index contributed by atoms with van der Waals surface area (Å²) in [6.45, 7) is 1.43. The standard InChI is InChI=1S/C9H14N2O2/c1-13-5-4-10-9-3-2-8(7-12)6-11-9/h2-3,6,12H,4-5,7H2,1H3,(H,10,11). The van der Waals surface area contributed by atoms with Gasteiger partial charge in [-0.15, -0.1) is 0 Å². The van der Waals surface area contributed by atoms with Crippen molar-refractivity contribution in [3.63, 3.8) is 0 Å². The molecule has 72 valence electrons. The van der Waals surface area contributed by atoms with Crippen molar-refractivity contribution in [1.82, 2.24) is 4.98 Å². The molecule has 0 unspecified atom stereocenters. The zero-order valence-corrected chi connectivity index (χ0v) is 7.66. The summed E-state index contributed by atoms with van der Waals surface area (Å²) in [5, 5.41) is 11.8. The number of nitrogens with one attached hydrogen (secondary N) is 1. The van der Waals surface area contributed by atoms with E-state index >= 15 is 0 Å². The second-order valence-corrected chi connectivity index (χ2v) is 2.63. The maximum Gasteiger partial charge on any atom is 0.125 e. The van der Waals surface area contributed by atoms with E-state index in [9.17, 15) is 0 Å². The summed E-state index contributed by atoms with van der Waals surface area (Å²) in [6, 6.07) is 3.67. The van der Waals surface area contributed by atoms with E-state index in [1.807, 2.05) is 12.1 Å². The summed E-state index contributed by atoms with van der Waals surface area (Å²) in [4.78, 5) is 4.09. The van der Waals surface area contributed by atoms with Crippen LogP contribution in [-0.4, -0.2) is 30.4 Å². The molecule has 1 heterocycles. The van der Waals surface area contributed by atoms with Crippen LogP contribution in [0.15, 0.2) is 18.3 Å². The first-order valence-electron chi connectivity index (χ1n) is 4.15. The molecule has 0 bridgehead atoms. The van der Waals surface area contributed by atoms with Crippen LogP contribution in [0.4, 0.5) is 5.82 Å². The summed E-state index contributed by atoms with van der Waals surface area (Å²) in [5.41, 5.74) is 0.817. The van der Waals surface area contributed by atoms with Gasteiger partial charge in [-0.2, -0.15) is 0 Å². The Balaban J connectivity index is 2.40. The van der Waals surface area contributed by atoms with Gasteiger partial charge in [0.05, 0.1) is 13.2 Å². The average Bonchev–Trinajstić information content (AvgIpc) is 2.19. The first-order chi connectivity index (χ1) is 6.36. The molecule has 0 saturated carbocycles. The van der Waals surface area contributed by atoms with Gasteiger partial charge in [-0.25, -0.2) is 4.98 Å². The molecule has 0 amide bonds. The summed E-state index contributed by atoms with van der Waals surface area (Å²) in [5.74, 6) is 0.800. The number of anilines is 1. The molecule has 0 atom stereocenters. The van der Waals surface area contributed by atoms with Gasteiger partial charge in [0.15, 0.2) is 0 Å². The van der Waals surface area contributed by atoms with Gasteiger partial charge in [-0.3, -0.25) is 0 Å². The quantitative estimate of drug-likeness (QED) is 0.656. The number of aliphatic hydroxyl groups is 1. The highest BCUT2D eigenvalue weighted by atomic mass is 16.5. The lowest BCUT2D eigenvalue weighted by Gasteiger charge is -2.04. The molecule has 4 heteroatoms. The summed E-state index contributed by atoms with van der Waals surface area (Å²) >= 11 is 0. The van der Waals surface area contributed by atoms with Crippen LogP contribution in [0.3, 0.4) is 0 Å². The van der Waals surface area contributed by atoms with Gasteiger partial charge in [0.25, 0.3) is 0 Å². The second kappa shape index (κ2) is 5.50. The lowest BCUT2D eigenvalue weighted by atomic mass is 10.3. The van der Waals surface area contributed by atoms with Gasteiger partial charge in [-0.1, -0.05) is 6.07 Å². The van der Waals surface area contributed by atoms with Crippen molar-refractivity contribution in [2.24, 2.45) is 0 Å². The molecule has 0 saturated heterocycles. The topological polar surface area (TPSA) is 54.4 Å². The average molecular weight is 182 g/mol. The fourth-order valence-corrected chi connectivity index (χ4v) is 0.904. The Morgan fingerprint density at radius 1 is 1.54 bits per heavy atom. The molecule has 0 aliphatic rings. The third-order valence-corrected chi connectivity index (χ3v) is 1.62. The van der Waals surface area contributed by atoms with Gasteiger partial charge >= 0.3 is 0 Å². The predicted molar refractivity (Wildman–Crippen MR) is 50.5 cm³/mol. The van der Waals surface area contributed by atoms with Crippen LogP contribution in [0.1, 0.15) is 5.56 Å². The van der Waals surface area contributed by atoms with E-state index in [2.05, 4.69) is 10.3 Å². The number of ether oxygens (including phenoxy) is 1. The fraction of sp³-hybridized carbons (Fsp3) is 0.444. The van der Waals surface area contributed by atoms with Gasteiger partial charge in [-0.05, 0) is 11.6 Å². The number of rotatable bonds is 5. The Hall–Kier alpha value is -1.13. The number of hydrogen-bond acceptors (Lipinski definition) is 4. The van der Waals surface area contributed by atoms with Crippen LogP contribution < -0.4 is 5.32 Å². The Morgan fingerprint density at radius 3 is 2.92 bits per heavy atom. The first kappa shape index (κ1) is 9.95. The Kier molecular flexibility index (Phi) is 4.21. The number of nitrogens with zero attached hydrogens (tertiary/aromatic N) is 1. The summed E-state index contributed by atoms with van der Waals surface area (Å²) in [7, 11) is 1.66. The molecule has 0 radical (unpaired) electrons. The molecule has 1 rings (SSSR count). The number of aliphatic hydroxyl groups excluding tert-OH is 1. The number of methoxy groups -OCH3 is 1. The molecule has 13 heavy (non-hydrogen) atoms. The van der Waals surface area contributed by atoms with E-state index in [-0.39, 0.29) is 6.61 Å². The molecule has 4 nitrogen and oxygen atoms in total. The Bertz CT molecular complexity index is 236. The zero-order valence-electron chi connectivity index (χ0n) is 7.66. The second-order valence-electron chi connectivity index (χ2n) is 2.63. The fourth-order valence-electron chi connectivity index (χ4n) is 0.904. The Labute approximate surface area is 77.6 Å². The Morgan fingerprint density at radius 2 is 2.38 bits per heavy atom. The summed E-state index contributed by atoms with van der Waals surface area (Å²) < 4.78 is 4.88. The van der Waals surface area contributed by atoms with E-state index in [1.165, 1.54) is 0 Å². The number of pyridine rings is 1. The predicted octanol–water partition coefficient (Wildman–Crippen LogP) is 0.632. The van der Waals surface area contributed by atoms with E-state index in [1.54, 1.807) is 13.3 Å². The van der Waals surface area contributed by atoms with Crippen LogP contribution in [0.25, 0.3) is 0 Å². The minimum atomic E-state index is 0.0331. The molecular weight excluding hydrogens is 168 g/mol. The molecule has 1 aromatic heterocycles. The van der Waals surface area contributed by atoms with Crippen LogP contribution in [0.5, 0.6) is 0 Å². The van der Waals surface area contributed by atoms with Gasteiger partial charge in [0.2, 0.25) is 0 Å². The highest BCUT2D eigenvalue weighted by molar-refractivity contribution is 5.35. The third-order valence-electron chi connectivity index (χ3n) is 1.62. The lowest BCUT2D eigenvalue weighted by Crippen LogP contribution is -2.08. The largest absolute Gasteiger partial charge is 0.392 e. The molecule has 1 aromatic rings. The monoisotopic (exact) mass is 182 g/mol. The van der Waals surface area contributed by atoms with Crippen LogP contribution >= 0.6 is 0 Å². The SMILES string of the molecule is COCCNc1ccc(CO)cn1. The van der Waals surface area contributed by atoms with Crippen LogP contribution in [-0.2, 0) is 11.3 Å². The van der Waals surface area contributed by atoms with Gasteiger partial charge in [0.1, 0.15) is 5.82 Å². The van der Waals surface area contributed by atoms with Crippen molar-refractivity contribution in [2.45, 2.75) is 6.61 Å². The van der Waals surface area contributed by atoms with Gasteiger partial charge in [0, 0.05) is 19.9 Å². The number of aromatic nitrogens is 1. The normalized spacial score (nSPS) is 10.0. The molecule has 0 aromatic carbocycles. The van der Waals surface area contributed by atoms with Crippen molar-refractivity contribution in [2.75, 3.05) is 25.6 Å². The van der Waals surface area contributed by atoms with Crippen molar-refractivity contribution in [1.29, 1.82) is 0 Å². The van der Waals surface area contributed by atoms with Crippen molar-refractivity contribution < 1.29 is 9.84 Å².